The maximum absolute atomic E-state index is 13.7. The SMILES string of the molecule is CC(=O)Nc1cccc(SC(C(=O)Nc2sc3c(c2C#N)CCC(c2ccccc2)C3)c2ccccc2)c1. The molecule has 2 N–H and O–H groups in total. The second-order valence-electron chi connectivity index (χ2n) is 9.28. The molecule has 3 aromatic carbocycles. The summed E-state index contributed by atoms with van der Waals surface area (Å²) in [4.78, 5) is 27.3. The van der Waals surface area contributed by atoms with Crippen LogP contribution in [0.4, 0.5) is 10.7 Å². The van der Waals surface area contributed by atoms with Gasteiger partial charge in [0.1, 0.15) is 16.3 Å². The second kappa shape index (κ2) is 11.7. The molecule has 0 aliphatic heterocycles. The van der Waals surface area contributed by atoms with Crippen molar-refractivity contribution in [1.29, 1.82) is 5.26 Å². The Bertz CT molecular complexity index is 1490. The maximum Gasteiger partial charge on any atom is 0.243 e. The number of carbonyl (C=O) groups excluding carboxylic acids is 2. The number of hydrogen-bond acceptors (Lipinski definition) is 5. The van der Waals surface area contributed by atoms with E-state index in [1.165, 1.54) is 40.5 Å². The molecule has 0 spiro atoms. The normalized spacial score (nSPS) is 15.1. The zero-order chi connectivity index (χ0) is 26.5. The van der Waals surface area contributed by atoms with Gasteiger partial charge in [0.15, 0.2) is 0 Å². The molecule has 0 fully saturated rings. The van der Waals surface area contributed by atoms with Crippen molar-refractivity contribution >= 4 is 45.6 Å². The molecule has 0 bridgehead atoms. The quantitative estimate of drug-likeness (QED) is 0.242. The fourth-order valence-electron chi connectivity index (χ4n) is 4.87. The molecule has 0 saturated carbocycles. The molecule has 38 heavy (non-hydrogen) atoms. The van der Waals surface area contributed by atoms with Crippen molar-refractivity contribution in [2.45, 2.75) is 42.2 Å². The standard InChI is InChI=1S/C31H27N3O2S2/c1-20(35)33-24-13-8-14-25(18-24)37-29(22-11-6-3-7-12-22)30(36)34-31-27(19-32)26-16-15-23(17-28(26)38-31)21-9-4-2-5-10-21/h2-14,18,23,29H,15-17H2,1H3,(H,33,35)(H,34,36). The summed E-state index contributed by atoms with van der Waals surface area (Å²) in [6.07, 6.45) is 2.70. The summed E-state index contributed by atoms with van der Waals surface area (Å²) in [7, 11) is 0. The van der Waals surface area contributed by atoms with Crippen LogP contribution in [0.1, 0.15) is 51.6 Å². The fraction of sp³-hybridized carbons (Fsp3) is 0.194. The van der Waals surface area contributed by atoms with Crippen molar-refractivity contribution in [2.24, 2.45) is 0 Å². The summed E-state index contributed by atoms with van der Waals surface area (Å²) in [5, 5.41) is 16.0. The first kappa shape index (κ1) is 25.8. The number of carbonyl (C=O) groups is 2. The van der Waals surface area contributed by atoms with Gasteiger partial charge in [-0.2, -0.15) is 5.26 Å². The Balaban J connectivity index is 1.40. The van der Waals surface area contributed by atoms with Crippen LogP contribution in [0.2, 0.25) is 0 Å². The van der Waals surface area contributed by atoms with Gasteiger partial charge < -0.3 is 10.6 Å². The monoisotopic (exact) mass is 537 g/mol. The summed E-state index contributed by atoms with van der Waals surface area (Å²) in [6, 6.07) is 30.0. The van der Waals surface area contributed by atoms with Crippen molar-refractivity contribution < 1.29 is 9.59 Å². The highest BCUT2D eigenvalue weighted by molar-refractivity contribution is 8.00. The van der Waals surface area contributed by atoms with Gasteiger partial charge in [-0.15, -0.1) is 23.1 Å². The Labute approximate surface area is 230 Å². The molecular formula is C31H27N3O2S2. The fourth-order valence-corrected chi connectivity index (χ4v) is 7.23. The minimum Gasteiger partial charge on any atom is -0.326 e. The molecule has 1 heterocycles. The predicted molar refractivity (Wildman–Crippen MR) is 155 cm³/mol. The van der Waals surface area contributed by atoms with E-state index in [-0.39, 0.29) is 11.8 Å². The number of hydrogen-bond donors (Lipinski definition) is 2. The van der Waals surface area contributed by atoms with Gasteiger partial charge in [-0.05, 0) is 60.1 Å². The Morgan fingerprint density at radius 2 is 1.74 bits per heavy atom. The molecule has 0 saturated heterocycles. The van der Waals surface area contributed by atoms with Crippen molar-refractivity contribution in [3.8, 4) is 6.07 Å². The van der Waals surface area contributed by atoms with E-state index in [2.05, 4.69) is 41.0 Å². The number of amides is 2. The van der Waals surface area contributed by atoms with E-state index >= 15 is 0 Å². The van der Waals surface area contributed by atoms with Crippen LogP contribution in [-0.4, -0.2) is 11.8 Å². The minimum atomic E-state index is -0.536. The third kappa shape index (κ3) is 5.83. The largest absolute Gasteiger partial charge is 0.326 e. The van der Waals surface area contributed by atoms with E-state index in [0.717, 1.165) is 35.3 Å². The number of anilines is 2. The highest BCUT2D eigenvalue weighted by atomic mass is 32.2. The molecule has 2 atom stereocenters. The number of nitrogens with one attached hydrogen (secondary N) is 2. The van der Waals surface area contributed by atoms with Crippen LogP contribution in [0, 0.1) is 11.3 Å². The number of thioether (sulfide) groups is 1. The molecule has 190 valence electrons. The van der Waals surface area contributed by atoms with Gasteiger partial charge >= 0.3 is 0 Å². The highest BCUT2D eigenvalue weighted by Crippen LogP contribution is 2.43. The zero-order valence-corrected chi connectivity index (χ0v) is 22.6. The van der Waals surface area contributed by atoms with E-state index in [4.69, 9.17) is 0 Å². The third-order valence-electron chi connectivity index (χ3n) is 6.63. The van der Waals surface area contributed by atoms with Crippen molar-refractivity contribution in [2.75, 3.05) is 10.6 Å². The van der Waals surface area contributed by atoms with Gasteiger partial charge in [-0.25, -0.2) is 0 Å². The van der Waals surface area contributed by atoms with Crippen molar-refractivity contribution in [1.82, 2.24) is 0 Å². The lowest BCUT2D eigenvalue weighted by atomic mass is 9.83. The van der Waals surface area contributed by atoms with Gasteiger partial charge in [-0.1, -0.05) is 66.7 Å². The number of rotatable bonds is 7. The van der Waals surface area contributed by atoms with E-state index < -0.39 is 5.25 Å². The third-order valence-corrected chi connectivity index (χ3v) is 9.05. The van der Waals surface area contributed by atoms with Crippen LogP contribution < -0.4 is 10.6 Å². The van der Waals surface area contributed by atoms with Crippen LogP contribution in [0.25, 0.3) is 0 Å². The van der Waals surface area contributed by atoms with Crippen LogP contribution in [0.3, 0.4) is 0 Å². The Morgan fingerprint density at radius 1 is 1.00 bits per heavy atom. The van der Waals surface area contributed by atoms with E-state index in [0.29, 0.717) is 22.2 Å². The minimum absolute atomic E-state index is 0.148. The number of benzene rings is 3. The molecule has 1 aromatic heterocycles. The van der Waals surface area contributed by atoms with Crippen LogP contribution in [0.5, 0.6) is 0 Å². The van der Waals surface area contributed by atoms with Crippen LogP contribution in [0.15, 0.2) is 89.8 Å². The summed E-state index contributed by atoms with van der Waals surface area (Å²) < 4.78 is 0. The first-order chi connectivity index (χ1) is 18.5. The van der Waals surface area contributed by atoms with Crippen molar-refractivity contribution in [3.05, 3.63) is 112 Å². The Morgan fingerprint density at radius 3 is 2.45 bits per heavy atom. The molecule has 2 amide bonds. The average Bonchev–Trinajstić information content (AvgIpc) is 3.28. The van der Waals surface area contributed by atoms with Gasteiger partial charge in [0.2, 0.25) is 11.8 Å². The van der Waals surface area contributed by atoms with Gasteiger partial charge in [-0.3, -0.25) is 9.59 Å². The van der Waals surface area contributed by atoms with Crippen LogP contribution in [-0.2, 0) is 22.4 Å². The lowest BCUT2D eigenvalue weighted by molar-refractivity contribution is -0.116. The number of fused-ring (bicyclic) bond motifs is 1. The Kier molecular flexibility index (Phi) is 7.92. The lowest BCUT2D eigenvalue weighted by Crippen LogP contribution is -2.19. The molecule has 5 rings (SSSR count). The zero-order valence-electron chi connectivity index (χ0n) is 20.9. The first-order valence-electron chi connectivity index (χ1n) is 12.5. The first-order valence-corrected chi connectivity index (χ1v) is 14.2. The average molecular weight is 538 g/mol. The molecule has 1 aliphatic rings. The molecule has 5 nitrogen and oxygen atoms in total. The summed E-state index contributed by atoms with van der Waals surface area (Å²) in [6.45, 7) is 1.47. The van der Waals surface area contributed by atoms with Gasteiger partial charge in [0, 0.05) is 22.4 Å². The molecule has 2 unspecified atom stereocenters. The number of nitriles is 1. The lowest BCUT2D eigenvalue weighted by Gasteiger charge is -2.22. The van der Waals surface area contributed by atoms with Crippen molar-refractivity contribution in [3.63, 3.8) is 0 Å². The highest BCUT2D eigenvalue weighted by Gasteiger charge is 2.29. The van der Waals surface area contributed by atoms with Gasteiger partial charge in [0.05, 0.1) is 5.56 Å². The maximum atomic E-state index is 13.7. The topological polar surface area (TPSA) is 82.0 Å². The smallest absolute Gasteiger partial charge is 0.243 e. The van der Waals surface area contributed by atoms with Gasteiger partial charge in [0.25, 0.3) is 0 Å². The van der Waals surface area contributed by atoms with E-state index in [1.54, 1.807) is 0 Å². The molecule has 1 aliphatic carbocycles. The second-order valence-corrected chi connectivity index (χ2v) is 11.6. The molecule has 4 aromatic rings. The Hall–Kier alpha value is -3.86. The predicted octanol–water partition coefficient (Wildman–Crippen LogP) is 7.32. The number of thiophene rings is 1. The summed E-state index contributed by atoms with van der Waals surface area (Å²) in [5.41, 5.74) is 4.53. The molecule has 7 heteroatoms. The van der Waals surface area contributed by atoms with E-state index in [9.17, 15) is 14.9 Å². The van der Waals surface area contributed by atoms with Crippen LogP contribution >= 0.6 is 23.1 Å². The van der Waals surface area contributed by atoms with E-state index in [1.807, 2.05) is 60.7 Å². The molecular weight excluding hydrogens is 510 g/mol. The summed E-state index contributed by atoms with van der Waals surface area (Å²) >= 11 is 2.95. The molecule has 0 radical (unpaired) electrons. The summed E-state index contributed by atoms with van der Waals surface area (Å²) in [5.74, 6) is 0.0893. The number of nitrogens with zero attached hydrogens (tertiary/aromatic N) is 1.